The van der Waals surface area contributed by atoms with E-state index in [-0.39, 0.29) is 53.4 Å². The van der Waals surface area contributed by atoms with E-state index in [1.807, 2.05) is 51.3 Å². The van der Waals surface area contributed by atoms with E-state index in [1.54, 1.807) is 5.51 Å². The molecule has 12 heterocycles. The Labute approximate surface area is 439 Å². The molecule has 8 aliphatic heterocycles. The molecular formula is C48H65BrF2N12O8S2. The number of thiazole rings is 2. The first-order valence-corrected chi connectivity index (χ1v) is 28.0. The summed E-state index contributed by atoms with van der Waals surface area (Å²) in [6.45, 7) is 18.6. The number of alkyl halides is 2. The van der Waals surface area contributed by atoms with Gasteiger partial charge in [-0.15, -0.1) is 11.3 Å². The highest BCUT2D eigenvalue weighted by Gasteiger charge is 2.51. The standard InChI is InChI=1S/C24H32BrFN6O4S.C24H33FN6O4S/c1-23(2,3)36-22(33)32-15-9-30(10-16(32)12-34-11-15)18-17-19(37-20(25)27-17)29-21(28-18)35-13-24-5-4-6-31(24)8-14(26)7-24;1-23(2,3)35-22(32)31-16-9-29(10-17(31)12-33-11-16)19-18-20(36-14-26-18)28-21(27-19)34-13-24-5-4-6-30(24)8-15(25)7-24/h14-16H,4-13H2,1-3H3;14-17H,4-13H2,1-3H3/t14-,15?,16?,24+;15-,16?,17?,24+/m11/s1. The highest BCUT2D eigenvalue weighted by atomic mass is 79.9. The number of fused-ring (bicyclic) bond motifs is 8. The zero-order valence-corrected chi connectivity index (χ0v) is 45.5. The van der Waals surface area contributed by atoms with Gasteiger partial charge in [-0.05, 0) is 96.2 Å². The summed E-state index contributed by atoms with van der Waals surface area (Å²) in [5, 5.41) is 0. The third-order valence-electron chi connectivity index (χ3n) is 15.2. The Hall–Kier alpha value is -4.14. The van der Waals surface area contributed by atoms with E-state index in [0.29, 0.717) is 119 Å². The summed E-state index contributed by atoms with van der Waals surface area (Å²) in [6.07, 6.45) is 2.70. The fraction of sp³-hybridized carbons (Fsp3) is 0.750. The molecule has 0 aliphatic carbocycles. The maximum Gasteiger partial charge on any atom is 0.411 e. The average molecular weight is 1120 g/mol. The topological polar surface area (TPSA) is 186 Å². The first-order valence-electron chi connectivity index (χ1n) is 25.5. The van der Waals surface area contributed by atoms with Crippen LogP contribution in [0.25, 0.3) is 20.7 Å². The third kappa shape index (κ3) is 10.4. The van der Waals surface area contributed by atoms with Crippen LogP contribution in [0.5, 0.6) is 12.0 Å². The van der Waals surface area contributed by atoms with Crippen molar-refractivity contribution in [2.45, 2.75) is 139 Å². The van der Waals surface area contributed by atoms with Crippen LogP contribution in [0.15, 0.2) is 9.43 Å². The number of morpholine rings is 2. The number of hydrogen-bond acceptors (Lipinski definition) is 20. The third-order valence-corrected chi connectivity index (χ3v) is 17.3. The van der Waals surface area contributed by atoms with Gasteiger partial charge in [-0.1, -0.05) is 11.3 Å². The predicted octanol–water partition coefficient (Wildman–Crippen LogP) is 6.49. The van der Waals surface area contributed by atoms with Gasteiger partial charge < -0.3 is 38.2 Å². The van der Waals surface area contributed by atoms with Crippen LogP contribution in [0.2, 0.25) is 0 Å². The highest BCUT2D eigenvalue weighted by Crippen LogP contribution is 2.43. The molecule has 12 rings (SSSR count). The van der Waals surface area contributed by atoms with Crippen molar-refractivity contribution >= 4 is 83.1 Å². The Morgan fingerprint density at radius 2 is 1.12 bits per heavy atom. The molecule has 2 amide bonds. The number of rotatable bonds is 8. The van der Waals surface area contributed by atoms with E-state index in [2.05, 4.69) is 55.5 Å². The van der Waals surface area contributed by atoms with Gasteiger partial charge in [0.1, 0.15) is 47.8 Å². The van der Waals surface area contributed by atoms with Crippen LogP contribution >= 0.6 is 38.6 Å². The summed E-state index contributed by atoms with van der Waals surface area (Å²) in [6, 6.07) is -0.105. The largest absolute Gasteiger partial charge is 0.461 e. The number of aromatic nitrogens is 6. The molecule has 0 saturated carbocycles. The molecule has 8 aliphatic rings. The number of carbonyl (C=O) groups excluding carboxylic acids is 2. The number of ether oxygens (including phenoxy) is 6. The van der Waals surface area contributed by atoms with Crippen molar-refractivity contribution in [1.82, 2.24) is 49.5 Å². The van der Waals surface area contributed by atoms with Crippen molar-refractivity contribution in [3.63, 3.8) is 0 Å². The molecule has 4 aromatic heterocycles. The second kappa shape index (κ2) is 19.8. The Kier molecular flexibility index (Phi) is 13.8. The second-order valence-corrected chi connectivity index (χ2v) is 25.9. The van der Waals surface area contributed by atoms with Crippen LogP contribution in [0.3, 0.4) is 0 Å². The molecular weight excluding hydrogens is 1050 g/mol. The first kappa shape index (κ1) is 51.0. The van der Waals surface area contributed by atoms with Crippen LogP contribution in [0, 0.1) is 0 Å². The lowest BCUT2D eigenvalue weighted by Crippen LogP contribution is -2.66. The number of anilines is 2. The Morgan fingerprint density at radius 3 is 1.59 bits per heavy atom. The van der Waals surface area contributed by atoms with Gasteiger partial charge in [-0.2, -0.15) is 19.9 Å². The molecule has 4 bridgehead atoms. The van der Waals surface area contributed by atoms with Crippen molar-refractivity contribution in [1.29, 1.82) is 0 Å². The number of halogens is 3. The minimum atomic E-state index is -0.816. The fourth-order valence-corrected chi connectivity index (χ4v) is 14.2. The second-order valence-electron chi connectivity index (χ2n) is 22.8. The molecule has 8 atom stereocenters. The molecule has 25 heteroatoms. The SMILES string of the molecule is CC(C)(C)OC(=O)N1C2COCC1CN(c1nc(OC[C@@]34CCCN3C[C@H](F)C4)nc3sc(Br)nc13)C2.CC(C)(C)OC(=O)N1C2COCC1CN(c1nc(OC[C@@]34CCCN3C[C@H](F)C4)nc3scnc13)C2. The maximum atomic E-state index is 14.2. The van der Waals surface area contributed by atoms with E-state index in [9.17, 15) is 18.4 Å². The van der Waals surface area contributed by atoms with Crippen LogP contribution in [0.4, 0.5) is 30.0 Å². The van der Waals surface area contributed by atoms with Crippen molar-refractivity contribution in [3.05, 3.63) is 9.43 Å². The predicted molar refractivity (Wildman–Crippen MR) is 273 cm³/mol. The summed E-state index contributed by atoms with van der Waals surface area (Å²) in [5.74, 6) is 1.38. The van der Waals surface area contributed by atoms with Crippen molar-refractivity contribution in [2.75, 3.05) is 102 Å². The maximum absolute atomic E-state index is 14.2. The summed E-state index contributed by atoms with van der Waals surface area (Å²) in [5.41, 5.74) is 1.50. The van der Waals surface area contributed by atoms with Gasteiger partial charge >= 0.3 is 24.2 Å². The van der Waals surface area contributed by atoms with Crippen molar-refractivity contribution in [3.8, 4) is 12.0 Å². The molecule has 20 nitrogen and oxygen atoms in total. The fourth-order valence-electron chi connectivity index (χ4n) is 12.3. The number of hydrogen-bond donors (Lipinski definition) is 0. The number of nitrogens with zero attached hydrogens (tertiary/aromatic N) is 12. The van der Waals surface area contributed by atoms with E-state index in [0.717, 1.165) is 54.0 Å². The summed E-state index contributed by atoms with van der Waals surface area (Å²) >= 11 is 6.35. The highest BCUT2D eigenvalue weighted by molar-refractivity contribution is 9.11. The molecule has 0 spiro atoms. The number of carbonyl (C=O) groups is 2. The molecule has 0 aromatic carbocycles. The smallest absolute Gasteiger partial charge is 0.411 e. The molecule has 73 heavy (non-hydrogen) atoms. The Morgan fingerprint density at radius 1 is 0.671 bits per heavy atom. The molecule has 398 valence electrons. The van der Waals surface area contributed by atoms with E-state index in [1.165, 1.54) is 22.7 Å². The van der Waals surface area contributed by atoms with Crippen LogP contribution in [-0.2, 0) is 18.9 Å². The van der Waals surface area contributed by atoms with Gasteiger partial charge in [0.25, 0.3) is 0 Å². The normalized spacial score (nSPS) is 30.4. The molecule has 0 N–H and O–H groups in total. The lowest BCUT2D eigenvalue weighted by molar-refractivity contribution is -0.0668. The molecule has 0 radical (unpaired) electrons. The zero-order chi connectivity index (χ0) is 51.0. The van der Waals surface area contributed by atoms with E-state index < -0.39 is 23.5 Å². The molecule has 4 aromatic rings. The van der Waals surface area contributed by atoms with Crippen molar-refractivity contribution in [2.24, 2.45) is 0 Å². The number of amides is 2. The average Bonchev–Trinajstić information content (AvgIpc) is 4.17. The van der Waals surface area contributed by atoms with Crippen LogP contribution in [0.1, 0.15) is 80.1 Å². The van der Waals surface area contributed by atoms with Gasteiger partial charge in [0.05, 0.1) is 67.2 Å². The lowest BCUT2D eigenvalue weighted by atomic mass is 9.95. The zero-order valence-electron chi connectivity index (χ0n) is 42.3. The van der Waals surface area contributed by atoms with Gasteiger partial charge in [0.2, 0.25) is 0 Å². The van der Waals surface area contributed by atoms with Gasteiger partial charge in [-0.25, -0.2) is 28.3 Å². The van der Waals surface area contributed by atoms with Gasteiger partial charge in [0, 0.05) is 52.1 Å². The monoisotopic (exact) mass is 1120 g/mol. The summed E-state index contributed by atoms with van der Waals surface area (Å²) in [4.78, 5) is 67.9. The molecule has 8 saturated heterocycles. The summed E-state index contributed by atoms with van der Waals surface area (Å²) in [7, 11) is 0. The van der Waals surface area contributed by atoms with Crippen molar-refractivity contribution < 1.29 is 46.8 Å². The minimum absolute atomic E-state index is 0.161. The van der Waals surface area contributed by atoms with Gasteiger partial charge in [0.15, 0.2) is 25.2 Å². The lowest BCUT2D eigenvalue weighted by Gasteiger charge is -2.49. The summed E-state index contributed by atoms with van der Waals surface area (Å²) < 4.78 is 64.5. The number of piperazine rings is 2. The first-order chi connectivity index (χ1) is 34.8. The van der Waals surface area contributed by atoms with E-state index in [4.69, 9.17) is 38.4 Å². The molecule has 8 fully saturated rings. The van der Waals surface area contributed by atoms with Crippen LogP contribution in [-0.4, -0.2) is 212 Å². The minimum Gasteiger partial charge on any atom is -0.461 e. The Balaban J connectivity index is 0.000000157. The molecule has 4 unspecified atom stereocenters. The van der Waals surface area contributed by atoms with E-state index >= 15 is 0 Å². The quantitative estimate of drug-likeness (QED) is 0.186. The Bertz CT molecular complexity index is 2670. The van der Waals surface area contributed by atoms with Gasteiger partial charge in [-0.3, -0.25) is 19.6 Å². The van der Waals surface area contributed by atoms with Crippen LogP contribution < -0.4 is 19.3 Å².